The van der Waals surface area contributed by atoms with Gasteiger partial charge in [0.05, 0.1) is 31.5 Å². The first kappa shape index (κ1) is 22.2. The van der Waals surface area contributed by atoms with Crippen molar-refractivity contribution in [1.29, 1.82) is 0 Å². The van der Waals surface area contributed by atoms with Crippen molar-refractivity contribution in [1.82, 2.24) is 9.97 Å². The summed E-state index contributed by atoms with van der Waals surface area (Å²) in [4.78, 5) is 20.6. The number of hydrogen-bond donors (Lipinski definition) is 1. The number of hydrogen-bond acceptors (Lipinski definition) is 8. The number of halogens is 1. The fourth-order valence-corrected chi connectivity index (χ4v) is 2.93. The molecule has 3 aromatic rings. The molecule has 0 bridgehead atoms. The SMILES string of the molecule is CCOC(=O)COc1cc(-c2ccc(OC)cc2)nc(Nc2ccc(OC)c(Cl)c2)n1. The number of anilines is 2. The summed E-state index contributed by atoms with van der Waals surface area (Å²) in [7, 11) is 3.14. The average Bonchev–Trinajstić information content (AvgIpc) is 2.78. The summed E-state index contributed by atoms with van der Waals surface area (Å²) in [5.74, 6) is 1.29. The van der Waals surface area contributed by atoms with Crippen molar-refractivity contribution < 1.29 is 23.7 Å². The Hall–Kier alpha value is -3.52. The van der Waals surface area contributed by atoms with Crippen molar-refractivity contribution in [2.45, 2.75) is 6.92 Å². The van der Waals surface area contributed by atoms with Gasteiger partial charge < -0.3 is 24.3 Å². The number of aromatic nitrogens is 2. The molecule has 1 N–H and O–H groups in total. The highest BCUT2D eigenvalue weighted by Crippen LogP contribution is 2.30. The Labute approximate surface area is 185 Å². The molecule has 0 unspecified atom stereocenters. The van der Waals surface area contributed by atoms with Crippen molar-refractivity contribution in [2.75, 3.05) is 32.8 Å². The number of ether oxygens (including phenoxy) is 4. The Balaban J connectivity index is 1.91. The molecule has 9 heteroatoms. The monoisotopic (exact) mass is 443 g/mol. The van der Waals surface area contributed by atoms with E-state index in [1.54, 1.807) is 45.4 Å². The maximum atomic E-state index is 11.7. The normalized spacial score (nSPS) is 10.3. The molecule has 8 nitrogen and oxygen atoms in total. The molecule has 0 spiro atoms. The number of esters is 1. The van der Waals surface area contributed by atoms with E-state index in [0.717, 1.165) is 11.3 Å². The molecule has 0 saturated carbocycles. The molecule has 0 aliphatic carbocycles. The molecule has 0 atom stereocenters. The molecule has 0 saturated heterocycles. The third-order valence-corrected chi connectivity index (χ3v) is 4.43. The molecule has 0 aliphatic rings. The predicted molar refractivity (Wildman–Crippen MR) is 117 cm³/mol. The van der Waals surface area contributed by atoms with Gasteiger partial charge in [0.15, 0.2) is 6.61 Å². The minimum Gasteiger partial charge on any atom is -0.497 e. The molecule has 1 heterocycles. The van der Waals surface area contributed by atoms with Gasteiger partial charge in [-0.3, -0.25) is 0 Å². The maximum Gasteiger partial charge on any atom is 0.344 e. The second-order valence-corrected chi connectivity index (χ2v) is 6.62. The Bertz CT molecular complexity index is 1040. The van der Waals surface area contributed by atoms with E-state index in [1.807, 2.05) is 24.3 Å². The van der Waals surface area contributed by atoms with E-state index in [1.165, 1.54) is 0 Å². The van der Waals surface area contributed by atoms with E-state index >= 15 is 0 Å². The molecule has 162 valence electrons. The first-order chi connectivity index (χ1) is 15.0. The number of methoxy groups -OCH3 is 2. The number of carbonyl (C=O) groups is 1. The molecule has 2 aromatic carbocycles. The maximum absolute atomic E-state index is 11.7. The van der Waals surface area contributed by atoms with Gasteiger partial charge in [0.2, 0.25) is 11.8 Å². The Kier molecular flexibility index (Phi) is 7.50. The van der Waals surface area contributed by atoms with Crippen molar-refractivity contribution in [2.24, 2.45) is 0 Å². The standard InChI is InChI=1S/C22H22ClN3O5/c1-4-30-21(27)13-31-20-12-18(14-5-8-16(28-2)9-6-14)25-22(26-20)24-15-7-10-19(29-3)17(23)11-15/h5-12H,4,13H2,1-3H3,(H,24,25,26). The van der Waals surface area contributed by atoms with Crippen LogP contribution in [0.3, 0.4) is 0 Å². The molecule has 1 aromatic heterocycles. The van der Waals surface area contributed by atoms with Gasteiger partial charge in [-0.25, -0.2) is 9.78 Å². The summed E-state index contributed by atoms with van der Waals surface area (Å²) in [5.41, 5.74) is 2.08. The Morgan fingerprint density at radius 1 is 1.03 bits per heavy atom. The van der Waals surface area contributed by atoms with Crippen LogP contribution in [0, 0.1) is 0 Å². The topological polar surface area (TPSA) is 91.8 Å². The van der Waals surface area contributed by atoms with Gasteiger partial charge in [0.1, 0.15) is 11.5 Å². The summed E-state index contributed by atoms with van der Waals surface area (Å²) in [5, 5.41) is 3.54. The van der Waals surface area contributed by atoms with Crippen LogP contribution in [0.2, 0.25) is 5.02 Å². The lowest BCUT2D eigenvalue weighted by atomic mass is 10.1. The average molecular weight is 444 g/mol. The summed E-state index contributed by atoms with van der Waals surface area (Å²) in [6.07, 6.45) is 0. The highest BCUT2D eigenvalue weighted by molar-refractivity contribution is 6.32. The van der Waals surface area contributed by atoms with E-state index < -0.39 is 5.97 Å². The lowest BCUT2D eigenvalue weighted by Gasteiger charge is -2.12. The minimum absolute atomic E-state index is 0.218. The molecule has 31 heavy (non-hydrogen) atoms. The van der Waals surface area contributed by atoms with E-state index in [-0.39, 0.29) is 25.0 Å². The van der Waals surface area contributed by atoms with Crippen LogP contribution in [-0.4, -0.2) is 43.4 Å². The Morgan fingerprint density at radius 3 is 2.45 bits per heavy atom. The molecule has 0 amide bonds. The number of carbonyl (C=O) groups excluding carboxylic acids is 1. The molecular formula is C22H22ClN3O5. The quantitative estimate of drug-likeness (QED) is 0.483. The van der Waals surface area contributed by atoms with Crippen molar-refractivity contribution in [3.05, 3.63) is 53.6 Å². The second-order valence-electron chi connectivity index (χ2n) is 6.21. The molecule has 0 fully saturated rings. The highest BCUT2D eigenvalue weighted by Gasteiger charge is 2.12. The van der Waals surface area contributed by atoms with Crippen LogP contribution in [-0.2, 0) is 9.53 Å². The van der Waals surface area contributed by atoms with E-state index in [4.69, 9.17) is 30.5 Å². The Morgan fingerprint density at radius 2 is 1.81 bits per heavy atom. The van der Waals surface area contributed by atoms with Gasteiger partial charge in [-0.2, -0.15) is 4.98 Å². The van der Waals surface area contributed by atoms with Gasteiger partial charge in [-0.1, -0.05) is 11.6 Å². The third kappa shape index (κ3) is 5.99. The van der Waals surface area contributed by atoms with Gasteiger partial charge in [0.25, 0.3) is 0 Å². The summed E-state index contributed by atoms with van der Waals surface area (Å²) >= 11 is 6.20. The van der Waals surface area contributed by atoms with Crippen molar-refractivity contribution >= 4 is 29.2 Å². The number of rotatable bonds is 9. The third-order valence-electron chi connectivity index (χ3n) is 4.14. The fourth-order valence-electron chi connectivity index (χ4n) is 2.67. The molecule has 0 aliphatic heterocycles. The molecular weight excluding hydrogens is 422 g/mol. The summed E-state index contributed by atoms with van der Waals surface area (Å²) in [6.45, 7) is 1.74. The van der Waals surface area contributed by atoms with Gasteiger partial charge in [0, 0.05) is 17.3 Å². The predicted octanol–water partition coefficient (Wildman–Crippen LogP) is 4.50. The lowest BCUT2D eigenvalue weighted by molar-refractivity contribution is -0.145. The zero-order valence-corrected chi connectivity index (χ0v) is 18.1. The summed E-state index contributed by atoms with van der Waals surface area (Å²) < 4.78 is 20.8. The van der Waals surface area contributed by atoms with Crippen LogP contribution >= 0.6 is 11.6 Å². The van der Waals surface area contributed by atoms with Crippen LogP contribution in [0.25, 0.3) is 11.3 Å². The van der Waals surface area contributed by atoms with Crippen LogP contribution < -0.4 is 19.5 Å². The number of nitrogens with one attached hydrogen (secondary N) is 1. The van der Waals surface area contributed by atoms with Gasteiger partial charge >= 0.3 is 5.97 Å². The number of nitrogens with zero attached hydrogens (tertiary/aromatic N) is 2. The van der Waals surface area contributed by atoms with E-state index in [2.05, 4.69) is 15.3 Å². The highest BCUT2D eigenvalue weighted by atomic mass is 35.5. The van der Waals surface area contributed by atoms with Crippen LogP contribution in [0.4, 0.5) is 11.6 Å². The lowest BCUT2D eigenvalue weighted by Crippen LogP contribution is -2.15. The first-order valence-electron chi connectivity index (χ1n) is 9.45. The van der Waals surface area contributed by atoms with Gasteiger partial charge in [-0.15, -0.1) is 0 Å². The second kappa shape index (κ2) is 10.5. The van der Waals surface area contributed by atoms with Crippen molar-refractivity contribution in [3.8, 4) is 28.6 Å². The molecule has 3 rings (SSSR count). The largest absolute Gasteiger partial charge is 0.497 e. The summed E-state index contributed by atoms with van der Waals surface area (Å²) in [6, 6.07) is 14.2. The minimum atomic E-state index is -0.483. The van der Waals surface area contributed by atoms with E-state index in [0.29, 0.717) is 22.2 Å². The van der Waals surface area contributed by atoms with Gasteiger partial charge in [-0.05, 0) is 49.4 Å². The first-order valence-corrected chi connectivity index (χ1v) is 9.82. The zero-order chi connectivity index (χ0) is 22.2. The van der Waals surface area contributed by atoms with Crippen LogP contribution in [0.1, 0.15) is 6.92 Å². The van der Waals surface area contributed by atoms with Crippen LogP contribution in [0.15, 0.2) is 48.5 Å². The zero-order valence-electron chi connectivity index (χ0n) is 17.3. The van der Waals surface area contributed by atoms with Crippen LogP contribution in [0.5, 0.6) is 17.4 Å². The smallest absolute Gasteiger partial charge is 0.344 e. The fraction of sp³-hybridized carbons (Fsp3) is 0.227. The van der Waals surface area contributed by atoms with E-state index in [9.17, 15) is 4.79 Å². The van der Waals surface area contributed by atoms with Crippen molar-refractivity contribution in [3.63, 3.8) is 0 Å². The molecule has 0 radical (unpaired) electrons. The number of benzene rings is 2.